The molecule has 26 heavy (non-hydrogen) atoms. The molecule has 2 N–H and O–H groups in total. The largest absolute Gasteiger partial charge is 0.394 e. The number of aromatic nitrogens is 2. The van der Waals surface area contributed by atoms with Crippen molar-refractivity contribution in [3.63, 3.8) is 0 Å². The van der Waals surface area contributed by atoms with Gasteiger partial charge in [0.05, 0.1) is 30.5 Å². The first kappa shape index (κ1) is 17.9. The molecule has 0 spiro atoms. The minimum absolute atomic E-state index is 0.133. The lowest BCUT2D eigenvalue weighted by Crippen LogP contribution is -2.32. The molecule has 0 fully saturated rings. The van der Waals surface area contributed by atoms with Gasteiger partial charge in [-0.25, -0.2) is 4.68 Å². The van der Waals surface area contributed by atoms with Crippen molar-refractivity contribution >= 4 is 5.91 Å². The van der Waals surface area contributed by atoms with E-state index in [0.717, 1.165) is 28.2 Å². The summed E-state index contributed by atoms with van der Waals surface area (Å²) in [5.41, 5.74) is 4.55. The van der Waals surface area contributed by atoms with Gasteiger partial charge in [-0.15, -0.1) is 0 Å². The van der Waals surface area contributed by atoms with Crippen LogP contribution in [-0.4, -0.2) is 27.4 Å². The number of carbonyl (C=O) groups is 1. The highest BCUT2D eigenvalue weighted by Crippen LogP contribution is 2.19. The van der Waals surface area contributed by atoms with Gasteiger partial charge in [0, 0.05) is 11.3 Å². The Kier molecular flexibility index (Phi) is 5.49. The predicted molar refractivity (Wildman–Crippen MR) is 101 cm³/mol. The molecular formula is C21H23N3O2. The molecule has 0 aliphatic heterocycles. The number of benzene rings is 2. The van der Waals surface area contributed by atoms with Gasteiger partial charge in [-0.2, -0.15) is 5.10 Å². The van der Waals surface area contributed by atoms with Crippen molar-refractivity contribution in [3.05, 3.63) is 83.2 Å². The van der Waals surface area contributed by atoms with Crippen molar-refractivity contribution in [1.82, 2.24) is 15.1 Å². The van der Waals surface area contributed by atoms with Crippen LogP contribution in [0, 0.1) is 13.8 Å². The SMILES string of the molecule is Cc1nn(-c2ccccc2)c(C)c1CC(=O)NC(CO)c1ccccc1. The summed E-state index contributed by atoms with van der Waals surface area (Å²) in [6.45, 7) is 3.74. The van der Waals surface area contributed by atoms with Gasteiger partial charge in [0.15, 0.2) is 0 Å². The Hall–Kier alpha value is -2.92. The molecule has 1 unspecified atom stereocenters. The predicted octanol–water partition coefficient (Wildman–Crippen LogP) is 2.88. The number of hydrogen-bond acceptors (Lipinski definition) is 3. The van der Waals surface area contributed by atoms with Gasteiger partial charge in [0.2, 0.25) is 5.91 Å². The number of carbonyl (C=O) groups excluding carboxylic acids is 1. The maximum atomic E-state index is 12.5. The molecule has 1 heterocycles. The first-order chi connectivity index (χ1) is 12.6. The Morgan fingerprint density at radius 1 is 1.08 bits per heavy atom. The zero-order chi connectivity index (χ0) is 18.5. The molecule has 0 aliphatic rings. The fourth-order valence-corrected chi connectivity index (χ4v) is 3.08. The van der Waals surface area contributed by atoms with Crippen LogP contribution in [0.4, 0.5) is 0 Å². The second kappa shape index (κ2) is 7.97. The summed E-state index contributed by atoms with van der Waals surface area (Å²) < 4.78 is 1.86. The van der Waals surface area contributed by atoms with E-state index in [4.69, 9.17) is 0 Å². The Morgan fingerprint density at radius 3 is 2.31 bits per heavy atom. The summed E-state index contributed by atoms with van der Waals surface area (Å²) in [4.78, 5) is 12.5. The number of nitrogens with zero attached hydrogens (tertiary/aromatic N) is 2. The van der Waals surface area contributed by atoms with E-state index in [9.17, 15) is 9.90 Å². The lowest BCUT2D eigenvalue weighted by molar-refractivity contribution is -0.121. The number of amides is 1. The highest BCUT2D eigenvalue weighted by atomic mass is 16.3. The number of nitrogens with one attached hydrogen (secondary N) is 1. The van der Waals surface area contributed by atoms with Gasteiger partial charge in [0.25, 0.3) is 0 Å². The Balaban J connectivity index is 1.76. The van der Waals surface area contributed by atoms with Gasteiger partial charge in [-0.05, 0) is 31.5 Å². The molecule has 0 bridgehead atoms. The van der Waals surface area contributed by atoms with E-state index in [1.807, 2.05) is 79.2 Å². The Labute approximate surface area is 153 Å². The van der Waals surface area contributed by atoms with Crippen molar-refractivity contribution in [2.75, 3.05) is 6.61 Å². The van der Waals surface area contributed by atoms with Crippen molar-refractivity contribution in [2.24, 2.45) is 0 Å². The van der Waals surface area contributed by atoms with E-state index < -0.39 is 6.04 Å². The molecule has 0 aliphatic carbocycles. The van der Waals surface area contributed by atoms with E-state index in [1.165, 1.54) is 0 Å². The van der Waals surface area contributed by atoms with Gasteiger partial charge in [-0.1, -0.05) is 48.5 Å². The number of aryl methyl sites for hydroxylation is 1. The van der Waals surface area contributed by atoms with Crippen LogP contribution in [-0.2, 0) is 11.2 Å². The maximum Gasteiger partial charge on any atom is 0.225 e. The van der Waals surface area contributed by atoms with Crippen LogP contribution in [0.25, 0.3) is 5.69 Å². The van der Waals surface area contributed by atoms with E-state index in [0.29, 0.717) is 0 Å². The molecule has 1 atom stereocenters. The topological polar surface area (TPSA) is 67.2 Å². The van der Waals surface area contributed by atoms with E-state index in [-0.39, 0.29) is 18.9 Å². The second-order valence-corrected chi connectivity index (χ2v) is 6.29. The summed E-state index contributed by atoms with van der Waals surface area (Å²) in [6.07, 6.45) is 0.230. The third-order valence-corrected chi connectivity index (χ3v) is 4.50. The molecule has 3 aromatic rings. The first-order valence-corrected chi connectivity index (χ1v) is 8.66. The highest BCUT2D eigenvalue weighted by molar-refractivity contribution is 5.79. The molecule has 0 saturated heterocycles. The minimum atomic E-state index is -0.409. The summed E-state index contributed by atoms with van der Waals surface area (Å²) in [5.74, 6) is -0.133. The zero-order valence-electron chi connectivity index (χ0n) is 15.0. The van der Waals surface area contributed by atoms with Crippen molar-refractivity contribution < 1.29 is 9.90 Å². The average molecular weight is 349 g/mol. The third kappa shape index (κ3) is 3.83. The fraction of sp³-hybridized carbons (Fsp3) is 0.238. The number of para-hydroxylation sites is 1. The summed E-state index contributed by atoms with van der Waals surface area (Å²) >= 11 is 0. The van der Waals surface area contributed by atoms with Crippen LogP contribution in [0.2, 0.25) is 0 Å². The number of aliphatic hydroxyl groups is 1. The van der Waals surface area contributed by atoms with Crippen molar-refractivity contribution in [3.8, 4) is 5.69 Å². The van der Waals surface area contributed by atoms with E-state index in [1.54, 1.807) is 0 Å². The molecule has 5 heteroatoms. The van der Waals surface area contributed by atoms with Gasteiger partial charge < -0.3 is 10.4 Å². The number of aliphatic hydroxyl groups excluding tert-OH is 1. The van der Waals surface area contributed by atoms with Crippen molar-refractivity contribution in [1.29, 1.82) is 0 Å². The standard InChI is InChI=1S/C21H23N3O2/c1-15-19(16(2)24(23-15)18-11-7-4-8-12-18)13-21(26)22-20(14-25)17-9-5-3-6-10-17/h3-12,20,25H,13-14H2,1-2H3,(H,22,26). The van der Waals surface area contributed by atoms with Crippen LogP contribution >= 0.6 is 0 Å². The summed E-state index contributed by atoms with van der Waals surface area (Å²) in [7, 11) is 0. The van der Waals surface area contributed by atoms with Crippen LogP contribution < -0.4 is 5.32 Å². The number of rotatable bonds is 6. The van der Waals surface area contributed by atoms with Gasteiger partial charge in [0.1, 0.15) is 0 Å². The normalized spacial score (nSPS) is 12.0. The van der Waals surface area contributed by atoms with Gasteiger partial charge >= 0.3 is 0 Å². The zero-order valence-corrected chi connectivity index (χ0v) is 15.0. The molecule has 5 nitrogen and oxygen atoms in total. The van der Waals surface area contributed by atoms with Gasteiger partial charge in [-0.3, -0.25) is 4.79 Å². The molecule has 1 amide bonds. The smallest absolute Gasteiger partial charge is 0.225 e. The minimum Gasteiger partial charge on any atom is -0.394 e. The van der Waals surface area contributed by atoms with E-state index in [2.05, 4.69) is 10.4 Å². The summed E-state index contributed by atoms with van der Waals surface area (Å²) in [5, 5.41) is 17.1. The Morgan fingerprint density at radius 2 is 1.69 bits per heavy atom. The lowest BCUT2D eigenvalue weighted by atomic mass is 10.1. The molecule has 134 valence electrons. The average Bonchev–Trinajstić information content (AvgIpc) is 2.95. The first-order valence-electron chi connectivity index (χ1n) is 8.66. The van der Waals surface area contributed by atoms with Crippen LogP contribution in [0.15, 0.2) is 60.7 Å². The van der Waals surface area contributed by atoms with E-state index >= 15 is 0 Å². The monoisotopic (exact) mass is 349 g/mol. The lowest BCUT2D eigenvalue weighted by Gasteiger charge is -2.16. The summed E-state index contributed by atoms with van der Waals surface area (Å²) in [6, 6.07) is 18.9. The molecule has 3 rings (SSSR count). The molecule has 0 radical (unpaired) electrons. The molecule has 2 aromatic carbocycles. The quantitative estimate of drug-likeness (QED) is 0.719. The molecular weight excluding hydrogens is 326 g/mol. The molecule has 0 saturated carbocycles. The molecule has 1 aromatic heterocycles. The third-order valence-electron chi connectivity index (χ3n) is 4.50. The second-order valence-electron chi connectivity index (χ2n) is 6.29. The number of hydrogen-bond donors (Lipinski definition) is 2. The fourth-order valence-electron chi connectivity index (χ4n) is 3.08. The maximum absolute atomic E-state index is 12.5. The van der Waals surface area contributed by atoms with Crippen LogP contribution in [0.3, 0.4) is 0 Å². The van der Waals surface area contributed by atoms with Crippen LogP contribution in [0.5, 0.6) is 0 Å². The van der Waals surface area contributed by atoms with Crippen LogP contribution in [0.1, 0.15) is 28.6 Å². The highest BCUT2D eigenvalue weighted by Gasteiger charge is 2.18. The Bertz CT molecular complexity index is 873. The van der Waals surface area contributed by atoms with Crippen molar-refractivity contribution in [2.45, 2.75) is 26.3 Å².